The van der Waals surface area contributed by atoms with E-state index in [-0.39, 0.29) is 5.91 Å². The van der Waals surface area contributed by atoms with E-state index < -0.39 is 0 Å². The second kappa shape index (κ2) is 9.55. The second-order valence-corrected chi connectivity index (χ2v) is 7.42. The number of rotatable bonds is 9. The van der Waals surface area contributed by atoms with Crippen LogP contribution >= 0.6 is 11.8 Å². The van der Waals surface area contributed by atoms with Crippen LogP contribution in [0.4, 0.5) is 5.69 Å². The van der Waals surface area contributed by atoms with Crippen molar-refractivity contribution in [3.05, 3.63) is 48.0 Å². The Morgan fingerprint density at radius 3 is 2.78 bits per heavy atom. The average Bonchev–Trinajstić information content (AvgIpc) is 3.12. The molecule has 0 unspecified atom stereocenters. The standard InChI is InChI=1S/C21H26N2O3S/c1-25-19-9-8-17(14-20(19)26-2)27-15-21(24)22-11-5-12-23-13-10-16-6-3-4-7-18(16)23/h3-4,6-9,14H,5,10-13,15H2,1-2H3,(H,22,24). The Labute approximate surface area is 165 Å². The average molecular weight is 387 g/mol. The first-order valence-corrected chi connectivity index (χ1v) is 10.1. The van der Waals surface area contributed by atoms with Crippen molar-refractivity contribution in [3.63, 3.8) is 0 Å². The van der Waals surface area contributed by atoms with Crippen molar-refractivity contribution in [1.29, 1.82) is 0 Å². The van der Waals surface area contributed by atoms with Gasteiger partial charge in [0.05, 0.1) is 20.0 Å². The fourth-order valence-electron chi connectivity index (χ4n) is 3.24. The first-order valence-electron chi connectivity index (χ1n) is 9.15. The van der Waals surface area contributed by atoms with E-state index in [1.165, 1.54) is 23.0 Å². The van der Waals surface area contributed by atoms with Crippen LogP contribution in [0.3, 0.4) is 0 Å². The zero-order valence-electron chi connectivity index (χ0n) is 15.9. The van der Waals surface area contributed by atoms with Crippen LogP contribution in [0.25, 0.3) is 0 Å². The Kier molecular flexibility index (Phi) is 6.87. The van der Waals surface area contributed by atoms with Gasteiger partial charge in [-0.05, 0) is 42.7 Å². The molecule has 6 heteroatoms. The maximum Gasteiger partial charge on any atom is 0.230 e. The van der Waals surface area contributed by atoms with Gasteiger partial charge in [0.15, 0.2) is 11.5 Å². The summed E-state index contributed by atoms with van der Waals surface area (Å²) in [6.45, 7) is 2.74. The zero-order chi connectivity index (χ0) is 19.1. The quantitative estimate of drug-likeness (QED) is 0.529. The van der Waals surface area contributed by atoms with Gasteiger partial charge in [0, 0.05) is 30.2 Å². The first-order chi connectivity index (χ1) is 13.2. The third-order valence-corrected chi connectivity index (χ3v) is 5.63. The Balaban J connectivity index is 1.37. The topological polar surface area (TPSA) is 50.8 Å². The van der Waals surface area contributed by atoms with Crippen molar-refractivity contribution >= 4 is 23.4 Å². The molecule has 0 atom stereocenters. The molecular formula is C21H26N2O3S. The highest BCUT2D eigenvalue weighted by atomic mass is 32.2. The number of anilines is 1. The van der Waals surface area contributed by atoms with E-state index in [9.17, 15) is 4.79 Å². The van der Waals surface area contributed by atoms with E-state index in [1.54, 1.807) is 14.2 Å². The summed E-state index contributed by atoms with van der Waals surface area (Å²) in [6.07, 6.45) is 2.06. The summed E-state index contributed by atoms with van der Waals surface area (Å²) in [7, 11) is 3.22. The van der Waals surface area contributed by atoms with Gasteiger partial charge in [-0.2, -0.15) is 0 Å². The Hall–Kier alpha value is -2.34. The van der Waals surface area contributed by atoms with Crippen LogP contribution in [0.5, 0.6) is 11.5 Å². The number of para-hydroxylation sites is 1. The summed E-state index contributed by atoms with van der Waals surface area (Å²) >= 11 is 1.49. The van der Waals surface area contributed by atoms with Crippen LogP contribution in [0.2, 0.25) is 0 Å². The summed E-state index contributed by atoms with van der Waals surface area (Å²) in [4.78, 5) is 15.5. The van der Waals surface area contributed by atoms with Gasteiger partial charge in [-0.15, -0.1) is 11.8 Å². The number of hydrogen-bond donors (Lipinski definition) is 1. The predicted molar refractivity (Wildman–Crippen MR) is 110 cm³/mol. The first kappa shape index (κ1) is 19.4. The third-order valence-electron chi connectivity index (χ3n) is 4.64. The number of nitrogens with zero attached hydrogens (tertiary/aromatic N) is 1. The van der Waals surface area contributed by atoms with Gasteiger partial charge in [-0.1, -0.05) is 18.2 Å². The minimum Gasteiger partial charge on any atom is -0.493 e. The van der Waals surface area contributed by atoms with E-state index in [2.05, 4.69) is 34.5 Å². The number of methoxy groups -OCH3 is 2. The summed E-state index contributed by atoms with van der Waals surface area (Å²) in [5, 5.41) is 3.01. The van der Waals surface area contributed by atoms with Gasteiger partial charge in [-0.3, -0.25) is 4.79 Å². The van der Waals surface area contributed by atoms with E-state index >= 15 is 0 Å². The number of ether oxygens (including phenoxy) is 2. The Morgan fingerprint density at radius 1 is 1.15 bits per heavy atom. The van der Waals surface area contributed by atoms with Gasteiger partial charge < -0.3 is 19.7 Å². The molecule has 3 rings (SSSR count). The molecule has 1 heterocycles. The number of carbonyl (C=O) groups excluding carboxylic acids is 1. The fourth-order valence-corrected chi connectivity index (χ4v) is 4.00. The molecule has 0 saturated heterocycles. The molecule has 1 aliphatic rings. The SMILES string of the molecule is COc1ccc(SCC(=O)NCCCN2CCc3ccccc32)cc1OC. The van der Waals surface area contributed by atoms with Gasteiger partial charge in [-0.25, -0.2) is 0 Å². The van der Waals surface area contributed by atoms with Gasteiger partial charge >= 0.3 is 0 Å². The van der Waals surface area contributed by atoms with Crippen LogP contribution in [0, 0.1) is 0 Å². The van der Waals surface area contributed by atoms with Crippen LogP contribution < -0.4 is 19.7 Å². The number of carbonyl (C=O) groups is 1. The normalized spacial score (nSPS) is 12.6. The fraction of sp³-hybridized carbons (Fsp3) is 0.381. The molecule has 144 valence electrons. The van der Waals surface area contributed by atoms with E-state index in [1.807, 2.05) is 18.2 Å². The van der Waals surface area contributed by atoms with Crippen LogP contribution in [0.15, 0.2) is 47.4 Å². The van der Waals surface area contributed by atoms with Crippen molar-refractivity contribution in [2.45, 2.75) is 17.7 Å². The van der Waals surface area contributed by atoms with Gasteiger partial charge in [0.1, 0.15) is 0 Å². The number of nitrogens with one attached hydrogen (secondary N) is 1. The van der Waals surface area contributed by atoms with Crippen LogP contribution in [0.1, 0.15) is 12.0 Å². The molecule has 5 nitrogen and oxygen atoms in total. The van der Waals surface area contributed by atoms with Crippen molar-refractivity contribution in [2.75, 3.05) is 44.5 Å². The number of hydrogen-bond acceptors (Lipinski definition) is 5. The third kappa shape index (κ3) is 5.10. The molecule has 0 bridgehead atoms. The van der Waals surface area contributed by atoms with Gasteiger partial charge in [0.25, 0.3) is 0 Å². The lowest BCUT2D eigenvalue weighted by molar-refractivity contribution is -0.118. The molecule has 0 fully saturated rings. The molecule has 1 aliphatic heterocycles. The van der Waals surface area contributed by atoms with Crippen molar-refractivity contribution < 1.29 is 14.3 Å². The van der Waals surface area contributed by atoms with Crippen LogP contribution in [-0.2, 0) is 11.2 Å². The maximum atomic E-state index is 12.1. The van der Waals surface area contributed by atoms with E-state index in [0.29, 0.717) is 23.8 Å². The second-order valence-electron chi connectivity index (χ2n) is 6.37. The Morgan fingerprint density at radius 2 is 1.96 bits per heavy atom. The van der Waals surface area contributed by atoms with Crippen molar-refractivity contribution in [2.24, 2.45) is 0 Å². The van der Waals surface area contributed by atoms with Crippen LogP contribution in [-0.4, -0.2) is 45.5 Å². The minimum atomic E-state index is 0.0524. The molecule has 1 amide bonds. The summed E-state index contributed by atoms with van der Waals surface area (Å²) in [5.41, 5.74) is 2.76. The summed E-state index contributed by atoms with van der Waals surface area (Å²) < 4.78 is 10.5. The molecule has 0 radical (unpaired) electrons. The number of fused-ring (bicyclic) bond motifs is 1. The lowest BCUT2D eigenvalue weighted by atomic mass is 10.2. The Bertz CT molecular complexity index is 782. The monoisotopic (exact) mass is 386 g/mol. The largest absolute Gasteiger partial charge is 0.493 e. The number of thioether (sulfide) groups is 1. The highest BCUT2D eigenvalue weighted by Gasteiger charge is 2.17. The summed E-state index contributed by atoms with van der Waals surface area (Å²) in [6, 6.07) is 14.2. The smallest absolute Gasteiger partial charge is 0.230 e. The molecule has 0 aliphatic carbocycles. The molecule has 27 heavy (non-hydrogen) atoms. The molecule has 1 N–H and O–H groups in total. The highest BCUT2D eigenvalue weighted by Crippen LogP contribution is 2.31. The molecule has 2 aromatic rings. The number of amides is 1. The lowest BCUT2D eigenvalue weighted by Crippen LogP contribution is -2.30. The van der Waals surface area contributed by atoms with Crippen molar-refractivity contribution in [1.82, 2.24) is 5.32 Å². The molecular weight excluding hydrogens is 360 g/mol. The molecule has 0 aromatic heterocycles. The number of benzene rings is 2. The summed E-state index contributed by atoms with van der Waals surface area (Å²) in [5.74, 6) is 1.81. The van der Waals surface area contributed by atoms with E-state index in [0.717, 1.165) is 30.8 Å². The van der Waals surface area contributed by atoms with E-state index in [4.69, 9.17) is 9.47 Å². The lowest BCUT2D eigenvalue weighted by Gasteiger charge is -2.19. The van der Waals surface area contributed by atoms with Crippen molar-refractivity contribution in [3.8, 4) is 11.5 Å². The minimum absolute atomic E-state index is 0.0524. The molecule has 0 saturated carbocycles. The predicted octanol–water partition coefficient (Wildman–Crippen LogP) is 3.36. The molecule has 2 aromatic carbocycles. The maximum absolute atomic E-state index is 12.1. The van der Waals surface area contributed by atoms with Gasteiger partial charge in [0.2, 0.25) is 5.91 Å². The molecule has 0 spiro atoms. The zero-order valence-corrected chi connectivity index (χ0v) is 16.7. The highest BCUT2D eigenvalue weighted by molar-refractivity contribution is 8.00.